The van der Waals surface area contributed by atoms with Crippen molar-refractivity contribution >= 4 is 23.2 Å². The molecule has 4 bridgehead atoms. The van der Waals surface area contributed by atoms with Crippen LogP contribution in [-0.2, 0) is 13.2 Å². The zero-order chi connectivity index (χ0) is 23.0. The lowest BCUT2D eigenvalue weighted by molar-refractivity contribution is -0.0706. The van der Waals surface area contributed by atoms with Crippen LogP contribution in [0, 0.1) is 23.2 Å². The average Bonchev–Trinajstić information content (AvgIpc) is 2.77. The Morgan fingerprint density at radius 2 is 1.58 bits per heavy atom. The van der Waals surface area contributed by atoms with Gasteiger partial charge >= 0.3 is 0 Å². The fourth-order valence-electron chi connectivity index (χ4n) is 7.06. The molecule has 1 N–H and O–H groups in total. The molecule has 0 radical (unpaired) electrons. The van der Waals surface area contributed by atoms with E-state index in [9.17, 15) is 0 Å². The molecule has 178 valence electrons. The molecular weight excluding hydrogens is 453 g/mol. The van der Waals surface area contributed by atoms with E-state index >= 15 is 0 Å². The summed E-state index contributed by atoms with van der Waals surface area (Å²) in [4.78, 5) is 0. The van der Waals surface area contributed by atoms with E-state index in [1.165, 1.54) is 38.5 Å². The second-order valence-corrected chi connectivity index (χ2v) is 11.5. The van der Waals surface area contributed by atoms with Crippen LogP contribution in [0.2, 0.25) is 10.0 Å². The Hall–Kier alpha value is -1.42. The Morgan fingerprint density at radius 3 is 2.18 bits per heavy atom. The van der Waals surface area contributed by atoms with E-state index in [0.29, 0.717) is 46.2 Å². The zero-order valence-electron chi connectivity index (χ0n) is 19.7. The van der Waals surface area contributed by atoms with Crippen LogP contribution in [0.25, 0.3) is 0 Å². The minimum Gasteiger partial charge on any atom is -0.490 e. The second-order valence-electron chi connectivity index (χ2n) is 10.6. The minimum atomic E-state index is 0.414. The molecule has 0 amide bonds. The molecule has 1 atom stereocenters. The molecule has 0 aliphatic heterocycles. The molecule has 4 fully saturated rings. The number of hydrogen-bond acceptors (Lipinski definition) is 3. The predicted molar refractivity (Wildman–Crippen MR) is 135 cm³/mol. The van der Waals surface area contributed by atoms with Gasteiger partial charge in [-0.2, -0.15) is 0 Å². The number of halogens is 2. The third-order valence-electron chi connectivity index (χ3n) is 8.28. The van der Waals surface area contributed by atoms with Crippen molar-refractivity contribution in [2.24, 2.45) is 23.2 Å². The molecule has 5 heteroatoms. The van der Waals surface area contributed by atoms with E-state index in [0.717, 1.165) is 35.4 Å². The molecule has 0 aromatic heterocycles. The van der Waals surface area contributed by atoms with Gasteiger partial charge in [0.2, 0.25) is 0 Å². The van der Waals surface area contributed by atoms with Gasteiger partial charge in [-0.25, -0.2) is 0 Å². The summed E-state index contributed by atoms with van der Waals surface area (Å²) in [7, 11) is 0. The third-order valence-corrected chi connectivity index (χ3v) is 8.81. The molecule has 33 heavy (non-hydrogen) atoms. The predicted octanol–water partition coefficient (Wildman–Crippen LogP) is 7.67. The molecular formula is C28H35Cl2NO2. The van der Waals surface area contributed by atoms with Gasteiger partial charge in [-0.15, -0.1) is 0 Å². The Labute approximate surface area is 208 Å². The number of rotatable bonds is 9. The zero-order valence-corrected chi connectivity index (χ0v) is 21.2. The molecule has 0 heterocycles. The van der Waals surface area contributed by atoms with Gasteiger partial charge in [-0.3, -0.25) is 0 Å². The molecule has 0 spiro atoms. The van der Waals surface area contributed by atoms with E-state index in [1.54, 1.807) is 0 Å². The first-order valence-corrected chi connectivity index (χ1v) is 13.3. The molecule has 4 aliphatic carbocycles. The van der Waals surface area contributed by atoms with Gasteiger partial charge in [0.05, 0.1) is 11.6 Å². The van der Waals surface area contributed by atoms with E-state index < -0.39 is 0 Å². The van der Waals surface area contributed by atoms with Crippen LogP contribution in [0.3, 0.4) is 0 Å². The van der Waals surface area contributed by atoms with Crippen molar-refractivity contribution in [3.63, 3.8) is 0 Å². The monoisotopic (exact) mass is 487 g/mol. The molecule has 0 saturated heterocycles. The largest absolute Gasteiger partial charge is 0.490 e. The van der Waals surface area contributed by atoms with Crippen molar-refractivity contribution in [2.45, 2.75) is 71.6 Å². The maximum atomic E-state index is 6.68. The summed E-state index contributed by atoms with van der Waals surface area (Å²) in [5.41, 5.74) is 2.66. The van der Waals surface area contributed by atoms with Crippen LogP contribution in [0.1, 0.15) is 63.5 Å². The Kier molecular flexibility index (Phi) is 6.84. The van der Waals surface area contributed by atoms with E-state index in [1.807, 2.05) is 37.3 Å². The van der Waals surface area contributed by atoms with Crippen LogP contribution < -0.4 is 14.8 Å². The Balaban J connectivity index is 1.26. The van der Waals surface area contributed by atoms with Crippen molar-refractivity contribution in [3.8, 4) is 11.5 Å². The normalized spacial score (nSPS) is 28.7. The number of benzene rings is 2. The lowest BCUT2D eigenvalue weighted by Gasteiger charge is -2.59. The second kappa shape index (κ2) is 9.68. The average molecular weight is 488 g/mol. The van der Waals surface area contributed by atoms with E-state index in [2.05, 4.69) is 18.3 Å². The van der Waals surface area contributed by atoms with Gasteiger partial charge in [0.1, 0.15) is 6.61 Å². The highest BCUT2D eigenvalue weighted by Crippen LogP contribution is 2.61. The SMILES string of the molecule is CCOc1cc(CN[C@@H](C)C23CC4CC(CC(C4)C2)C3)cc(Cl)c1OCc1ccc(Cl)cc1. The minimum absolute atomic E-state index is 0.414. The van der Waals surface area contributed by atoms with Gasteiger partial charge in [-0.05, 0) is 111 Å². The lowest BCUT2D eigenvalue weighted by atomic mass is 9.48. The number of nitrogens with one attached hydrogen (secondary N) is 1. The van der Waals surface area contributed by atoms with Gasteiger partial charge in [0, 0.05) is 17.6 Å². The highest BCUT2D eigenvalue weighted by atomic mass is 35.5. The van der Waals surface area contributed by atoms with Crippen LogP contribution in [-0.4, -0.2) is 12.6 Å². The summed E-state index contributed by atoms with van der Waals surface area (Å²) in [6, 6.07) is 12.3. The molecule has 0 unspecified atom stereocenters. The van der Waals surface area contributed by atoms with Crippen molar-refractivity contribution in [1.29, 1.82) is 0 Å². The van der Waals surface area contributed by atoms with Crippen molar-refractivity contribution in [1.82, 2.24) is 5.32 Å². The summed E-state index contributed by atoms with van der Waals surface area (Å²) < 4.78 is 12.0. The van der Waals surface area contributed by atoms with Crippen molar-refractivity contribution in [3.05, 3.63) is 57.6 Å². The molecule has 2 aromatic rings. The van der Waals surface area contributed by atoms with E-state index in [4.69, 9.17) is 32.7 Å². The number of hydrogen-bond donors (Lipinski definition) is 1. The topological polar surface area (TPSA) is 30.5 Å². The first kappa shape index (κ1) is 23.3. The first-order valence-electron chi connectivity index (χ1n) is 12.5. The number of ether oxygens (including phenoxy) is 2. The summed E-state index contributed by atoms with van der Waals surface area (Å²) in [6.07, 6.45) is 8.69. The third kappa shape index (κ3) is 5.01. The Morgan fingerprint density at radius 1 is 0.939 bits per heavy atom. The highest BCUT2D eigenvalue weighted by molar-refractivity contribution is 6.32. The molecule has 6 rings (SSSR count). The van der Waals surface area contributed by atoms with Crippen LogP contribution in [0.15, 0.2) is 36.4 Å². The summed E-state index contributed by atoms with van der Waals surface area (Å²) in [5, 5.41) is 5.17. The van der Waals surface area contributed by atoms with Crippen molar-refractivity contribution < 1.29 is 9.47 Å². The van der Waals surface area contributed by atoms with Gasteiger partial charge in [0.25, 0.3) is 0 Å². The van der Waals surface area contributed by atoms with Gasteiger partial charge in [-0.1, -0.05) is 35.3 Å². The standard InChI is InChI=1S/C28H35Cl2NO2/c1-3-32-26-12-23(11-25(30)27(26)33-17-19-4-6-24(29)7-5-19)16-31-18(2)28-13-20-8-21(14-28)10-22(9-20)15-28/h4-7,11-12,18,20-22,31H,3,8-10,13-17H2,1-2H3/t18-,20?,21?,22?,28?/m0/s1. The van der Waals surface area contributed by atoms with E-state index in [-0.39, 0.29) is 0 Å². The maximum absolute atomic E-state index is 6.68. The lowest BCUT2D eigenvalue weighted by Crippen LogP contribution is -2.54. The van der Waals surface area contributed by atoms with Crippen LogP contribution >= 0.6 is 23.2 Å². The smallest absolute Gasteiger partial charge is 0.180 e. The molecule has 2 aromatic carbocycles. The fourth-order valence-corrected chi connectivity index (χ4v) is 7.47. The Bertz CT molecular complexity index is 939. The molecule has 4 aliphatic rings. The first-order chi connectivity index (χ1) is 15.9. The highest BCUT2D eigenvalue weighted by Gasteiger charge is 2.52. The van der Waals surface area contributed by atoms with Gasteiger partial charge < -0.3 is 14.8 Å². The maximum Gasteiger partial charge on any atom is 0.180 e. The van der Waals surface area contributed by atoms with Crippen molar-refractivity contribution in [2.75, 3.05) is 6.61 Å². The van der Waals surface area contributed by atoms with Gasteiger partial charge in [0.15, 0.2) is 11.5 Å². The molecule has 4 saturated carbocycles. The molecule has 3 nitrogen and oxygen atoms in total. The van der Waals surface area contributed by atoms with Crippen LogP contribution in [0.4, 0.5) is 0 Å². The fraction of sp³-hybridized carbons (Fsp3) is 0.571. The quantitative estimate of drug-likeness (QED) is 0.393. The summed E-state index contributed by atoms with van der Waals surface area (Å²) >= 11 is 12.7. The van der Waals surface area contributed by atoms with Crippen LogP contribution in [0.5, 0.6) is 11.5 Å². The summed E-state index contributed by atoms with van der Waals surface area (Å²) in [5.74, 6) is 4.22. The summed E-state index contributed by atoms with van der Waals surface area (Å²) in [6.45, 7) is 6.16.